The lowest BCUT2D eigenvalue weighted by Gasteiger charge is -2.27. The molecule has 1 nitrogen and oxygen atoms in total. The Kier molecular flexibility index (Phi) is 5.22. The molecule has 2 atom stereocenters. The molecule has 1 aliphatic rings. The summed E-state index contributed by atoms with van der Waals surface area (Å²) in [5, 5.41) is 3.72. The van der Waals surface area contributed by atoms with E-state index < -0.39 is 0 Å². The summed E-state index contributed by atoms with van der Waals surface area (Å²) in [4.78, 5) is 0. The van der Waals surface area contributed by atoms with Crippen molar-refractivity contribution >= 4 is 12.2 Å². The molecule has 0 aromatic heterocycles. The maximum atomic E-state index is 3.72. The van der Waals surface area contributed by atoms with Crippen molar-refractivity contribution in [2.24, 2.45) is 0 Å². The minimum Gasteiger partial charge on any atom is -0.304 e. The van der Waals surface area contributed by atoms with E-state index in [9.17, 15) is 0 Å². The zero-order valence-electron chi connectivity index (χ0n) is 12.9. The molecule has 1 heterocycles. The first kappa shape index (κ1) is 14.8. The molecule has 0 radical (unpaired) electrons. The van der Waals surface area contributed by atoms with Crippen molar-refractivity contribution in [2.75, 3.05) is 0 Å². The Morgan fingerprint density at radius 3 is 1.59 bits per heavy atom. The lowest BCUT2D eigenvalue weighted by atomic mass is 9.97. The highest BCUT2D eigenvalue weighted by atomic mass is 15.0. The van der Waals surface area contributed by atoms with Crippen LogP contribution in [0.2, 0.25) is 0 Å². The van der Waals surface area contributed by atoms with E-state index >= 15 is 0 Å². The molecule has 2 aromatic carbocycles. The van der Waals surface area contributed by atoms with Crippen LogP contribution in [0.4, 0.5) is 0 Å². The number of nitrogens with one attached hydrogen (secondary N) is 1. The first-order valence-electron chi connectivity index (χ1n) is 8.13. The van der Waals surface area contributed by atoms with Crippen molar-refractivity contribution in [1.82, 2.24) is 5.32 Å². The van der Waals surface area contributed by atoms with Gasteiger partial charge in [0.05, 0.1) is 0 Å². The first-order valence-corrected chi connectivity index (χ1v) is 8.13. The molecule has 112 valence electrons. The topological polar surface area (TPSA) is 12.0 Å². The number of hydrogen-bond acceptors (Lipinski definition) is 1. The Morgan fingerprint density at radius 1 is 0.682 bits per heavy atom. The van der Waals surface area contributed by atoms with Crippen LogP contribution in [0, 0.1) is 0 Å². The molecule has 1 N–H and O–H groups in total. The summed E-state index contributed by atoms with van der Waals surface area (Å²) < 4.78 is 0. The Morgan fingerprint density at radius 2 is 1.14 bits per heavy atom. The molecule has 2 aromatic rings. The van der Waals surface area contributed by atoms with Crippen LogP contribution >= 0.6 is 0 Å². The summed E-state index contributed by atoms with van der Waals surface area (Å²) >= 11 is 0. The van der Waals surface area contributed by atoms with Crippen molar-refractivity contribution in [3.8, 4) is 0 Å². The minimum absolute atomic E-state index is 0.472. The summed E-state index contributed by atoms with van der Waals surface area (Å²) in [6.07, 6.45) is 12.8. The molecule has 1 aliphatic heterocycles. The molecule has 0 saturated carbocycles. The third-order valence-corrected chi connectivity index (χ3v) is 4.10. The zero-order valence-corrected chi connectivity index (χ0v) is 12.9. The van der Waals surface area contributed by atoms with Crippen molar-refractivity contribution in [3.05, 3.63) is 83.9 Å². The maximum absolute atomic E-state index is 3.72. The third-order valence-electron chi connectivity index (χ3n) is 4.10. The van der Waals surface area contributed by atoms with Crippen molar-refractivity contribution in [2.45, 2.75) is 31.3 Å². The van der Waals surface area contributed by atoms with E-state index in [-0.39, 0.29) is 0 Å². The largest absolute Gasteiger partial charge is 0.304 e. The van der Waals surface area contributed by atoms with Gasteiger partial charge in [-0.2, -0.15) is 0 Å². The van der Waals surface area contributed by atoms with Gasteiger partial charge in [0.25, 0.3) is 0 Å². The summed E-state index contributed by atoms with van der Waals surface area (Å²) in [6.45, 7) is 0. The molecule has 22 heavy (non-hydrogen) atoms. The molecule has 0 unspecified atom stereocenters. The van der Waals surface area contributed by atoms with E-state index in [1.807, 2.05) is 0 Å². The van der Waals surface area contributed by atoms with Crippen LogP contribution in [0.1, 0.15) is 30.4 Å². The van der Waals surface area contributed by atoms with Crippen LogP contribution in [0.3, 0.4) is 0 Å². The van der Waals surface area contributed by atoms with Gasteiger partial charge in [-0.05, 0) is 30.4 Å². The predicted octanol–water partition coefficient (Wildman–Crippen LogP) is 4.92. The zero-order chi connectivity index (χ0) is 15.0. The Labute approximate surface area is 133 Å². The Bertz CT molecular complexity index is 557. The fourth-order valence-electron chi connectivity index (χ4n) is 2.89. The van der Waals surface area contributed by atoms with Crippen molar-refractivity contribution in [3.63, 3.8) is 0 Å². The van der Waals surface area contributed by atoms with Gasteiger partial charge in [0, 0.05) is 12.1 Å². The second-order valence-electron chi connectivity index (χ2n) is 5.85. The fourth-order valence-corrected chi connectivity index (χ4v) is 2.89. The fraction of sp³-hybridized carbons (Fsp3) is 0.238. The normalized spacial score (nSPS) is 22.4. The van der Waals surface area contributed by atoms with Crippen molar-refractivity contribution < 1.29 is 0 Å². The number of benzene rings is 2. The number of piperidine rings is 1. The van der Waals surface area contributed by atoms with Gasteiger partial charge < -0.3 is 5.32 Å². The number of hydrogen-bond donors (Lipinski definition) is 1. The molecule has 0 bridgehead atoms. The van der Waals surface area contributed by atoms with Crippen LogP contribution in [0.15, 0.2) is 72.8 Å². The molecule has 0 aliphatic carbocycles. The second-order valence-corrected chi connectivity index (χ2v) is 5.85. The highest BCUT2D eigenvalue weighted by Crippen LogP contribution is 2.16. The SMILES string of the molecule is C(=C[C@@H]1CCC[C@H](C=Cc2ccccc2)N1)c1ccccc1. The molecule has 1 heteroatoms. The Balaban J connectivity index is 1.57. The monoisotopic (exact) mass is 289 g/mol. The van der Waals surface area contributed by atoms with Gasteiger partial charge in [-0.1, -0.05) is 85.0 Å². The molecular weight excluding hydrogens is 266 g/mol. The summed E-state index contributed by atoms with van der Waals surface area (Å²) in [5.41, 5.74) is 2.54. The van der Waals surface area contributed by atoms with E-state index in [0.29, 0.717) is 12.1 Å². The predicted molar refractivity (Wildman–Crippen MR) is 95.5 cm³/mol. The quantitative estimate of drug-likeness (QED) is 0.842. The smallest absolute Gasteiger partial charge is 0.0258 e. The van der Waals surface area contributed by atoms with Crippen LogP contribution in [0.25, 0.3) is 12.2 Å². The highest BCUT2D eigenvalue weighted by molar-refractivity contribution is 5.51. The molecule has 0 spiro atoms. The lowest BCUT2D eigenvalue weighted by Crippen LogP contribution is -2.39. The van der Waals surface area contributed by atoms with Gasteiger partial charge in [0.15, 0.2) is 0 Å². The third kappa shape index (κ3) is 4.44. The van der Waals surface area contributed by atoms with E-state index in [4.69, 9.17) is 0 Å². The molecule has 1 saturated heterocycles. The molecule has 3 rings (SSSR count). The van der Waals surface area contributed by atoms with Gasteiger partial charge in [-0.25, -0.2) is 0 Å². The van der Waals surface area contributed by atoms with Crippen LogP contribution in [-0.2, 0) is 0 Å². The maximum Gasteiger partial charge on any atom is 0.0258 e. The van der Waals surface area contributed by atoms with E-state index in [0.717, 1.165) is 0 Å². The van der Waals surface area contributed by atoms with Crippen LogP contribution < -0.4 is 5.32 Å². The van der Waals surface area contributed by atoms with Gasteiger partial charge in [0.1, 0.15) is 0 Å². The molecule has 0 amide bonds. The summed E-state index contributed by atoms with van der Waals surface area (Å²) in [5.74, 6) is 0. The average Bonchev–Trinajstić information content (AvgIpc) is 2.60. The van der Waals surface area contributed by atoms with Crippen LogP contribution in [-0.4, -0.2) is 12.1 Å². The highest BCUT2D eigenvalue weighted by Gasteiger charge is 2.16. The summed E-state index contributed by atoms with van der Waals surface area (Å²) in [7, 11) is 0. The van der Waals surface area contributed by atoms with Crippen LogP contribution in [0.5, 0.6) is 0 Å². The Hall–Kier alpha value is -2.12. The first-order chi connectivity index (χ1) is 10.9. The van der Waals surface area contributed by atoms with E-state index in [2.05, 4.69) is 90.3 Å². The average molecular weight is 289 g/mol. The second kappa shape index (κ2) is 7.77. The van der Waals surface area contributed by atoms with Crippen molar-refractivity contribution in [1.29, 1.82) is 0 Å². The number of rotatable bonds is 4. The standard InChI is InChI=1S/C21H23N/c1-3-8-18(9-4-1)14-16-20-12-7-13-21(22-20)17-15-19-10-5-2-6-11-19/h1-6,8-11,14-17,20-22H,7,12-13H2/t20-,21+. The molecule has 1 fully saturated rings. The molecular formula is C21H23N. The summed E-state index contributed by atoms with van der Waals surface area (Å²) in [6, 6.07) is 22.0. The van der Waals surface area contributed by atoms with Gasteiger partial charge in [0.2, 0.25) is 0 Å². The van der Waals surface area contributed by atoms with E-state index in [1.165, 1.54) is 30.4 Å². The minimum atomic E-state index is 0.472. The van der Waals surface area contributed by atoms with Gasteiger partial charge >= 0.3 is 0 Å². The van der Waals surface area contributed by atoms with E-state index in [1.54, 1.807) is 0 Å². The lowest BCUT2D eigenvalue weighted by molar-refractivity contribution is 0.401. The van der Waals surface area contributed by atoms with Gasteiger partial charge in [-0.15, -0.1) is 0 Å². The van der Waals surface area contributed by atoms with Gasteiger partial charge in [-0.3, -0.25) is 0 Å².